The summed E-state index contributed by atoms with van der Waals surface area (Å²) in [4.78, 5) is 17.3. The van der Waals surface area contributed by atoms with Gasteiger partial charge in [0.1, 0.15) is 5.69 Å². The van der Waals surface area contributed by atoms with Gasteiger partial charge in [-0.05, 0) is 24.1 Å². The van der Waals surface area contributed by atoms with Crippen LogP contribution in [0.3, 0.4) is 0 Å². The second-order valence-corrected chi connectivity index (χ2v) is 5.89. The van der Waals surface area contributed by atoms with E-state index in [9.17, 15) is 4.79 Å². The Hall–Kier alpha value is -1.78. The third kappa shape index (κ3) is 2.82. The highest BCUT2D eigenvalue weighted by molar-refractivity contribution is 6.30. The van der Waals surface area contributed by atoms with Gasteiger partial charge in [-0.3, -0.25) is 4.79 Å². The molecule has 1 amide bonds. The lowest BCUT2D eigenvalue weighted by Gasteiger charge is -2.16. The van der Waals surface area contributed by atoms with Crippen molar-refractivity contribution in [3.8, 4) is 0 Å². The molecule has 1 aromatic carbocycles. The number of carbonyl (C=O) groups is 1. The fourth-order valence-corrected chi connectivity index (χ4v) is 3.18. The van der Waals surface area contributed by atoms with Crippen LogP contribution in [-0.2, 0) is 0 Å². The topological polar surface area (TPSA) is 62.1 Å². The van der Waals surface area contributed by atoms with Gasteiger partial charge in [0.05, 0.1) is 5.02 Å². The van der Waals surface area contributed by atoms with Crippen LogP contribution in [0.25, 0.3) is 0 Å². The highest BCUT2D eigenvalue weighted by Crippen LogP contribution is 2.32. The van der Waals surface area contributed by atoms with Gasteiger partial charge < -0.3 is 15.6 Å². The SMILES string of the molecule is NC[C@@H]1CN(C(=O)c2cc(Cl)c[nH]2)C[C@H]1c1ccccc1. The molecule has 1 fully saturated rings. The lowest BCUT2D eigenvalue weighted by atomic mass is 9.89. The van der Waals surface area contributed by atoms with E-state index < -0.39 is 0 Å². The van der Waals surface area contributed by atoms with E-state index >= 15 is 0 Å². The third-order valence-electron chi connectivity index (χ3n) is 4.14. The van der Waals surface area contributed by atoms with Crippen molar-refractivity contribution >= 4 is 17.5 Å². The van der Waals surface area contributed by atoms with Crippen molar-refractivity contribution in [3.63, 3.8) is 0 Å². The molecule has 0 unspecified atom stereocenters. The van der Waals surface area contributed by atoms with Gasteiger partial charge in [0.2, 0.25) is 0 Å². The molecule has 1 aliphatic rings. The molecule has 1 aromatic heterocycles. The molecule has 21 heavy (non-hydrogen) atoms. The van der Waals surface area contributed by atoms with Crippen molar-refractivity contribution in [2.75, 3.05) is 19.6 Å². The van der Waals surface area contributed by atoms with Crippen molar-refractivity contribution < 1.29 is 4.79 Å². The summed E-state index contributed by atoms with van der Waals surface area (Å²) < 4.78 is 0. The number of amides is 1. The van der Waals surface area contributed by atoms with Crippen LogP contribution < -0.4 is 5.73 Å². The van der Waals surface area contributed by atoms with Crippen molar-refractivity contribution in [3.05, 3.63) is 58.9 Å². The van der Waals surface area contributed by atoms with Crippen LogP contribution in [0, 0.1) is 5.92 Å². The van der Waals surface area contributed by atoms with Crippen LogP contribution in [0.2, 0.25) is 5.02 Å². The number of nitrogens with two attached hydrogens (primary N) is 1. The monoisotopic (exact) mass is 303 g/mol. The summed E-state index contributed by atoms with van der Waals surface area (Å²) in [5.74, 6) is 0.575. The normalized spacial score (nSPS) is 21.7. The second kappa shape index (κ2) is 5.92. The zero-order chi connectivity index (χ0) is 14.8. The molecule has 2 atom stereocenters. The van der Waals surface area contributed by atoms with Crippen LogP contribution in [0.15, 0.2) is 42.6 Å². The van der Waals surface area contributed by atoms with Crippen LogP contribution in [0.5, 0.6) is 0 Å². The number of H-pyrrole nitrogens is 1. The van der Waals surface area contributed by atoms with Gasteiger partial charge in [0, 0.05) is 25.2 Å². The van der Waals surface area contributed by atoms with Crippen molar-refractivity contribution in [1.82, 2.24) is 9.88 Å². The van der Waals surface area contributed by atoms with Crippen molar-refractivity contribution in [2.24, 2.45) is 11.7 Å². The summed E-state index contributed by atoms with van der Waals surface area (Å²) in [6.45, 7) is 1.96. The van der Waals surface area contributed by atoms with E-state index in [-0.39, 0.29) is 5.91 Å². The lowest BCUT2D eigenvalue weighted by Crippen LogP contribution is -2.30. The first-order valence-corrected chi connectivity index (χ1v) is 7.45. The number of hydrogen-bond acceptors (Lipinski definition) is 2. The maximum atomic E-state index is 12.5. The molecule has 110 valence electrons. The van der Waals surface area contributed by atoms with E-state index in [4.69, 9.17) is 17.3 Å². The summed E-state index contributed by atoms with van der Waals surface area (Å²) in [5, 5.41) is 0.549. The maximum Gasteiger partial charge on any atom is 0.270 e. The molecule has 0 bridgehead atoms. The molecule has 2 heterocycles. The van der Waals surface area contributed by atoms with Gasteiger partial charge in [-0.15, -0.1) is 0 Å². The zero-order valence-corrected chi connectivity index (χ0v) is 12.4. The summed E-state index contributed by atoms with van der Waals surface area (Å²) in [5.41, 5.74) is 7.68. The molecule has 0 saturated carbocycles. The molecule has 1 saturated heterocycles. The molecule has 4 nitrogen and oxygen atoms in total. The maximum absolute atomic E-state index is 12.5. The fraction of sp³-hybridized carbons (Fsp3) is 0.312. The molecule has 1 aliphatic heterocycles. The number of halogens is 1. The average molecular weight is 304 g/mol. The van der Waals surface area contributed by atoms with E-state index in [1.165, 1.54) is 5.56 Å². The second-order valence-electron chi connectivity index (χ2n) is 5.45. The molecular formula is C16H18ClN3O. The minimum absolute atomic E-state index is 0.0150. The number of benzene rings is 1. The van der Waals surface area contributed by atoms with E-state index in [2.05, 4.69) is 17.1 Å². The fourth-order valence-electron chi connectivity index (χ4n) is 3.02. The Balaban J connectivity index is 1.79. The number of hydrogen-bond donors (Lipinski definition) is 2. The first-order valence-electron chi connectivity index (χ1n) is 7.07. The largest absolute Gasteiger partial charge is 0.356 e. The molecule has 0 aliphatic carbocycles. The molecular weight excluding hydrogens is 286 g/mol. The van der Waals surface area contributed by atoms with E-state index in [0.717, 1.165) is 0 Å². The van der Waals surface area contributed by atoms with Crippen LogP contribution in [-0.4, -0.2) is 35.4 Å². The number of likely N-dealkylation sites (tertiary alicyclic amines) is 1. The summed E-state index contributed by atoms with van der Waals surface area (Å²) >= 11 is 5.87. The van der Waals surface area contributed by atoms with Crippen LogP contribution >= 0.6 is 11.6 Å². The number of carbonyl (C=O) groups excluding carboxylic acids is 1. The Kier molecular flexibility index (Phi) is 3.99. The standard InChI is InChI=1S/C16H18ClN3O/c17-13-6-15(19-8-13)16(21)20-9-12(7-18)14(10-20)11-4-2-1-3-5-11/h1-6,8,12,14,19H,7,9-10,18H2/t12-,14+/m1/s1. The molecule has 0 radical (unpaired) electrons. The number of nitrogens with one attached hydrogen (secondary N) is 1. The number of aromatic nitrogens is 1. The van der Waals surface area contributed by atoms with Crippen molar-refractivity contribution in [1.29, 1.82) is 0 Å². The molecule has 0 spiro atoms. The number of rotatable bonds is 3. The quantitative estimate of drug-likeness (QED) is 0.915. The summed E-state index contributed by atoms with van der Waals surface area (Å²) in [7, 11) is 0. The van der Waals surface area contributed by atoms with Gasteiger partial charge in [-0.25, -0.2) is 0 Å². The number of aromatic amines is 1. The third-order valence-corrected chi connectivity index (χ3v) is 4.36. The Labute approximate surface area is 128 Å². The lowest BCUT2D eigenvalue weighted by molar-refractivity contribution is 0.0781. The average Bonchev–Trinajstić information content (AvgIpc) is 3.13. The minimum atomic E-state index is -0.0150. The Morgan fingerprint density at radius 1 is 1.33 bits per heavy atom. The molecule has 2 aromatic rings. The number of nitrogens with zero attached hydrogens (tertiary/aromatic N) is 1. The summed E-state index contributed by atoms with van der Waals surface area (Å²) in [6, 6.07) is 11.9. The molecule has 5 heteroatoms. The molecule has 3 N–H and O–H groups in total. The summed E-state index contributed by atoms with van der Waals surface area (Å²) in [6.07, 6.45) is 1.62. The Morgan fingerprint density at radius 3 is 2.71 bits per heavy atom. The van der Waals surface area contributed by atoms with Gasteiger partial charge >= 0.3 is 0 Å². The molecule has 3 rings (SSSR count). The van der Waals surface area contributed by atoms with Crippen LogP contribution in [0.4, 0.5) is 0 Å². The highest BCUT2D eigenvalue weighted by atomic mass is 35.5. The van der Waals surface area contributed by atoms with E-state index in [1.54, 1.807) is 12.3 Å². The van der Waals surface area contributed by atoms with E-state index in [1.807, 2.05) is 23.1 Å². The smallest absolute Gasteiger partial charge is 0.270 e. The minimum Gasteiger partial charge on any atom is -0.356 e. The van der Waals surface area contributed by atoms with Crippen molar-refractivity contribution in [2.45, 2.75) is 5.92 Å². The zero-order valence-electron chi connectivity index (χ0n) is 11.6. The Bertz CT molecular complexity index is 625. The predicted octanol–water partition coefficient (Wildman–Crippen LogP) is 2.48. The van der Waals surface area contributed by atoms with Gasteiger partial charge in [0.15, 0.2) is 0 Å². The van der Waals surface area contributed by atoms with Gasteiger partial charge in [-0.1, -0.05) is 41.9 Å². The first kappa shape index (κ1) is 14.2. The highest BCUT2D eigenvalue weighted by Gasteiger charge is 2.35. The van der Waals surface area contributed by atoms with Gasteiger partial charge in [0.25, 0.3) is 5.91 Å². The predicted molar refractivity (Wildman–Crippen MR) is 83.4 cm³/mol. The first-order chi connectivity index (χ1) is 10.2. The van der Waals surface area contributed by atoms with Crippen LogP contribution in [0.1, 0.15) is 22.0 Å². The Morgan fingerprint density at radius 2 is 2.10 bits per heavy atom. The van der Waals surface area contributed by atoms with Gasteiger partial charge in [-0.2, -0.15) is 0 Å². The van der Waals surface area contributed by atoms with E-state index in [0.29, 0.717) is 42.2 Å².